The number of hydrogen-bond donors (Lipinski definition) is 2. The van der Waals surface area contributed by atoms with E-state index in [0.29, 0.717) is 19.5 Å². The van der Waals surface area contributed by atoms with Crippen LogP contribution in [0.3, 0.4) is 0 Å². The van der Waals surface area contributed by atoms with Crippen molar-refractivity contribution >= 4 is 5.91 Å². The van der Waals surface area contributed by atoms with Crippen molar-refractivity contribution in [3.8, 4) is 0 Å². The lowest BCUT2D eigenvalue weighted by Gasteiger charge is -2.28. The Labute approximate surface area is 78.1 Å². The van der Waals surface area contributed by atoms with Crippen LogP contribution < -0.4 is 10.6 Å². The van der Waals surface area contributed by atoms with E-state index in [4.69, 9.17) is 0 Å². The molecule has 0 aromatic carbocycles. The Bertz CT molecular complexity index is 184. The van der Waals surface area contributed by atoms with Gasteiger partial charge in [0.15, 0.2) is 0 Å². The molecule has 0 saturated carbocycles. The van der Waals surface area contributed by atoms with Gasteiger partial charge in [-0.2, -0.15) is 0 Å². The van der Waals surface area contributed by atoms with Crippen molar-refractivity contribution in [3.05, 3.63) is 0 Å². The monoisotopic (exact) mass is 188 g/mol. The van der Waals surface area contributed by atoms with Crippen molar-refractivity contribution in [1.29, 1.82) is 0 Å². The molecule has 0 aromatic heterocycles. The van der Waals surface area contributed by atoms with Crippen LogP contribution in [0.1, 0.15) is 20.3 Å². The van der Waals surface area contributed by atoms with E-state index >= 15 is 0 Å². The first-order valence-corrected chi connectivity index (χ1v) is 4.76. The summed E-state index contributed by atoms with van der Waals surface area (Å²) in [6.45, 7) is 4.85. The molecule has 2 unspecified atom stereocenters. The normalized spacial score (nSPS) is 28.9. The number of piperidine rings is 1. The van der Waals surface area contributed by atoms with E-state index in [1.165, 1.54) is 0 Å². The fourth-order valence-electron chi connectivity index (χ4n) is 1.32. The second-order valence-electron chi connectivity index (χ2n) is 3.78. The van der Waals surface area contributed by atoms with E-state index in [1.807, 2.05) is 0 Å². The molecule has 13 heavy (non-hydrogen) atoms. The molecule has 1 aliphatic rings. The molecule has 3 nitrogen and oxygen atoms in total. The number of halogens is 1. The van der Waals surface area contributed by atoms with Crippen LogP contribution in [-0.4, -0.2) is 31.2 Å². The van der Waals surface area contributed by atoms with E-state index in [0.717, 1.165) is 0 Å². The zero-order chi connectivity index (χ0) is 9.84. The molecule has 76 valence electrons. The average Bonchev–Trinajstić information content (AvgIpc) is 2.08. The fraction of sp³-hybridized carbons (Fsp3) is 0.889. The Morgan fingerprint density at radius 2 is 2.31 bits per heavy atom. The molecule has 0 spiro atoms. The molecule has 0 bridgehead atoms. The number of nitrogens with one attached hydrogen (secondary N) is 2. The van der Waals surface area contributed by atoms with Gasteiger partial charge in [-0.15, -0.1) is 0 Å². The summed E-state index contributed by atoms with van der Waals surface area (Å²) in [6.07, 6.45) is -0.410. The highest BCUT2D eigenvalue weighted by atomic mass is 19.1. The number of hydrogen-bond acceptors (Lipinski definition) is 2. The largest absolute Gasteiger partial charge is 0.349 e. The first-order valence-electron chi connectivity index (χ1n) is 4.76. The molecule has 1 fully saturated rings. The van der Waals surface area contributed by atoms with Crippen molar-refractivity contribution in [1.82, 2.24) is 10.6 Å². The van der Waals surface area contributed by atoms with Gasteiger partial charge in [-0.25, -0.2) is 4.39 Å². The third-order valence-electron chi connectivity index (χ3n) is 2.25. The minimum Gasteiger partial charge on any atom is -0.349 e. The molecule has 0 aromatic rings. The molecule has 1 aliphatic heterocycles. The Hall–Kier alpha value is -0.640. The quantitative estimate of drug-likeness (QED) is 0.661. The Morgan fingerprint density at radius 1 is 1.62 bits per heavy atom. The molecule has 2 N–H and O–H groups in total. The zero-order valence-electron chi connectivity index (χ0n) is 8.14. The SMILES string of the molecule is CC(C)C(=O)NC1CNCCC1F. The van der Waals surface area contributed by atoms with Crippen LogP contribution in [0.2, 0.25) is 0 Å². The van der Waals surface area contributed by atoms with Crippen molar-refractivity contribution in [2.24, 2.45) is 5.92 Å². The second-order valence-corrected chi connectivity index (χ2v) is 3.78. The standard InChI is InChI=1S/C9H17FN2O/c1-6(2)9(13)12-8-5-11-4-3-7(8)10/h6-8,11H,3-5H2,1-2H3,(H,12,13). The van der Waals surface area contributed by atoms with Gasteiger partial charge in [0.2, 0.25) is 5.91 Å². The van der Waals surface area contributed by atoms with Crippen molar-refractivity contribution in [2.45, 2.75) is 32.5 Å². The maximum atomic E-state index is 13.2. The van der Waals surface area contributed by atoms with Crippen molar-refractivity contribution in [2.75, 3.05) is 13.1 Å². The highest BCUT2D eigenvalue weighted by Crippen LogP contribution is 2.08. The van der Waals surface area contributed by atoms with Gasteiger partial charge in [0.25, 0.3) is 0 Å². The molecule has 1 rings (SSSR count). The smallest absolute Gasteiger partial charge is 0.222 e. The summed E-state index contributed by atoms with van der Waals surface area (Å²) >= 11 is 0. The Kier molecular flexibility index (Phi) is 3.66. The zero-order valence-corrected chi connectivity index (χ0v) is 8.14. The molecule has 1 saturated heterocycles. The Balaban J connectivity index is 2.38. The molecule has 1 heterocycles. The molecule has 0 radical (unpaired) electrons. The van der Waals surface area contributed by atoms with Crippen LogP contribution in [0.15, 0.2) is 0 Å². The van der Waals surface area contributed by atoms with Crippen molar-refractivity contribution < 1.29 is 9.18 Å². The summed E-state index contributed by atoms with van der Waals surface area (Å²) in [5.41, 5.74) is 0. The van der Waals surface area contributed by atoms with E-state index < -0.39 is 6.17 Å². The number of amides is 1. The minimum absolute atomic E-state index is 0.0728. The maximum Gasteiger partial charge on any atom is 0.222 e. The first-order chi connectivity index (χ1) is 6.11. The fourth-order valence-corrected chi connectivity index (χ4v) is 1.32. The number of rotatable bonds is 2. The second kappa shape index (κ2) is 4.56. The topological polar surface area (TPSA) is 41.1 Å². The molecule has 1 amide bonds. The van der Waals surface area contributed by atoms with Gasteiger partial charge < -0.3 is 10.6 Å². The van der Waals surface area contributed by atoms with E-state index in [9.17, 15) is 9.18 Å². The van der Waals surface area contributed by atoms with Gasteiger partial charge in [-0.1, -0.05) is 13.8 Å². The van der Waals surface area contributed by atoms with E-state index in [1.54, 1.807) is 13.8 Å². The summed E-state index contributed by atoms with van der Waals surface area (Å²) in [5.74, 6) is -0.148. The number of alkyl halides is 1. The summed E-state index contributed by atoms with van der Waals surface area (Å²) in [5, 5.41) is 5.75. The average molecular weight is 188 g/mol. The van der Waals surface area contributed by atoms with Gasteiger partial charge in [0.05, 0.1) is 6.04 Å². The third-order valence-corrected chi connectivity index (χ3v) is 2.25. The van der Waals surface area contributed by atoms with Gasteiger partial charge in [0, 0.05) is 12.5 Å². The minimum atomic E-state index is -0.899. The lowest BCUT2D eigenvalue weighted by molar-refractivity contribution is -0.125. The highest BCUT2D eigenvalue weighted by Gasteiger charge is 2.26. The lowest BCUT2D eigenvalue weighted by Crippen LogP contribution is -2.53. The van der Waals surface area contributed by atoms with Gasteiger partial charge in [0.1, 0.15) is 6.17 Å². The molecular formula is C9H17FN2O. The number of carbonyl (C=O) groups is 1. The lowest BCUT2D eigenvalue weighted by atomic mass is 10.0. The van der Waals surface area contributed by atoms with Crippen LogP contribution in [0.25, 0.3) is 0 Å². The maximum absolute atomic E-state index is 13.2. The summed E-state index contributed by atoms with van der Waals surface area (Å²) in [4.78, 5) is 11.3. The van der Waals surface area contributed by atoms with Crippen LogP contribution >= 0.6 is 0 Å². The summed E-state index contributed by atoms with van der Waals surface area (Å²) in [7, 11) is 0. The van der Waals surface area contributed by atoms with Crippen LogP contribution in [0.4, 0.5) is 4.39 Å². The molecule has 2 atom stereocenters. The summed E-state index contributed by atoms with van der Waals surface area (Å²) in [6, 6.07) is -0.344. The Morgan fingerprint density at radius 3 is 2.85 bits per heavy atom. The van der Waals surface area contributed by atoms with Crippen LogP contribution in [-0.2, 0) is 4.79 Å². The number of carbonyl (C=O) groups excluding carboxylic acids is 1. The first kappa shape index (κ1) is 10.4. The third kappa shape index (κ3) is 2.95. The highest BCUT2D eigenvalue weighted by molar-refractivity contribution is 5.78. The van der Waals surface area contributed by atoms with Crippen LogP contribution in [0, 0.1) is 5.92 Å². The van der Waals surface area contributed by atoms with Gasteiger partial charge in [-0.3, -0.25) is 4.79 Å². The summed E-state index contributed by atoms with van der Waals surface area (Å²) < 4.78 is 13.2. The molecular weight excluding hydrogens is 171 g/mol. The van der Waals surface area contributed by atoms with E-state index in [2.05, 4.69) is 10.6 Å². The van der Waals surface area contributed by atoms with E-state index in [-0.39, 0.29) is 17.9 Å². The van der Waals surface area contributed by atoms with Crippen LogP contribution in [0.5, 0.6) is 0 Å². The predicted octanol–water partition coefficient (Wildman–Crippen LogP) is 0.459. The van der Waals surface area contributed by atoms with Crippen molar-refractivity contribution in [3.63, 3.8) is 0 Å². The molecule has 0 aliphatic carbocycles. The van der Waals surface area contributed by atoms with Gasteiger partial charge >= 0.3 is 0 Å². The molecule has 4 heteroatoms. The predicted molar refractivity (Wildman–Crippen MR) is 49.2 cm³/mol. The van der Waals surface area contributed by atoms with Gasteiger partial charge in [-0.05, 0) is 13.0 Å².